The Morgan fingerprint density at radius 3 is 2.82 bits per heavy atom. The summed E-state index contributed by atoms with van der Waals surface area (Å²) in [5, 5.41) is 5.07. The summed E-state index contributed by atoms with van der Waals surface area (Å²) >= 11 is 1.62. The van der Waals surface area contributed by atoms with Crippen LogP contribution in [0.1, 0.15) is 35.3 Å². The Morgan fingerprint density at radius 2 is 2.18 bits per heavy atom. The first-order valence-electron chi connectivity index (χ1n) is 7.82. The molecule has 3 rings (SSSR count). The molecule has 1 atom stereocenters. The van der Waals surface area contributed by atoms with Gasteiger partial charge >= 0.3 is 0 Å². The van der Waals surface area contributed by atoms with Gasteiger partial charge in [-0.3, -0.25) is 9.69 Å². The van der Waals surface area contributed by atoms with Crippen LogP contribution in [0.2, 0.25) is 0 Å². The maximum Gasteiger partial charge on any atom is 0.225 e. The number of hydrogen-bond donors (Lipinski definition) is 1. The fourth-order valence-corrected chi connectivity index (χ4v) is 3.64. The first-order chi connectivity index (χ1) is 10.7. The van der Waals surface area contributed by atoms with E-state index in [1.54, 1.807) is 11.3 Å². The van der Waals surface area contributed by atoms with E-state index in [9.17, 15) is 4.79 Å². The predicted octanol–water partition coefficient (Wildman–Crippen LogP) is 3.15. The van der Waals surface area contributed by atoms with Crippen LogP contribution in [0.3, 0.4) is 0 Å². The highest BCUT2D eigenvalue weighted by molar-refractivity contribution is 7.10. The van der Waals surface area contributed by atoms with Gasteiger partial charge < -0.3 is 9.73 Å². The van der Waals surface area contributed by atoms with Crippen molar-refractivity contribution in [1.29, 1.82) is 0 Å². The van der Waals surface area contributed by atoms with Crippen LogP contribution in [0.25, 0.3) is 0 Å². The molecule has 1 unspecified atom stereocenters. The molecule has 3 heterocycles. The first kappa shape index (κ1) is 15.3. The zero-order valence-corrected chi connectivity index (χ0v) is 13.7. The largest absolute Gasteiger partial charge is 0.465 e. The van der Waals surface area contributed by atoms with E-state index in [2.05, 4.69) is 10.2 Å². The monoisotopic (exact) mass is 318 g/mol. The third-order valence-electron chi connectivity index (χ3n) is 4.08. The van der Waals surface area contributed by atoms with Crippen LogP contribution in [-0.2, 0) is 11.2 Å². The standard InChI is InChI=1S/C17H22N2O2S/c1-13-6-7-16(21-13)15(19-8-2-3-9-19)12-18-17(20)11-14-5-4-10-22-14/h4-7,10,15H,2-3,8-9,11-12H2,1H3,(H,18,20). The number of nitrogens with zero attached hydrogens (tertiary/aromatic N) is 1. The van der Waals surface area contributed by atoms with Crippen molar-refractivity contribution in [2.24, 2.45) is 0 Å². The van der Waals surface area contributed by atoms with Crippen molar-refractivity contribution in [3.05, 3.63) is 46.0 Å². The summed E-state index contributed by atoms with van der Waals surface area (Å²) in [6.45, 7) is 4.72. The average molecular weight is 318 g/mol. The number of rotatable bonds is 6. The van der Waals surface area contributed by atoms with Crippen molar-refractivity contribution in [1.82, 2.24) is 10.2 Å². The molecule has 4 nitrogen and oxygen atoms in total. The molecule has 0 bridgehead atoms. The van der Waals surface area contributed by atoms with Gasteiger partial charge in [0, 0.05) is 11.4 Å². The van der Waals surface area contributed by atoms with Crippen LogP contribution in [-0.4, -0.2) is 30.4 Å². The summed E-state index contributed by atoms with van der Waals surface area (Å²) in [6.07, 6.45) is 2.90. The van der Waals surface area contributed by atoms with Gasteiger partial charge in [0.05, 0.1) is 12.5 Å². The molecule has 118 valence electrons. The molecule has 2 aromatic rings. The molecule has 5 heteroatoms. The molecular formula is C17H22N2O2S. The number of carbonyl (C=O) groups is 1. The Hall–Kier alpha value is -1.59. The van der Waals surface area contributed by atoms with E-state index in [1.165, 1.54) is 12.8 Å². The highest BCUT2D eigenvalue weighted by atomic mass is 32.1. The molecule has 2 aromatic heterocycles. The highest BCUT2D eigenvalue weighted by Gasteiger charge is 2.26. The fraction of sp³-hybridized carbons (Fsp3) is 0.471. The zero-order valence-electron chi connectivity index (χ0n) is 12.9. The van der Waals surface area contributed by atoms with E-state index >= 15 is 0 Å². The van der Waals surface area contributed by atoms with Gasteiger partial charge in [0.2, 0.25) is 5.91 Å². The van der Waals surface area contributed by atoms with Crippen LogP contribution in [0.15, 0.2) is 34.1 Å². The number of furan rings is 1. The lowest BCUT2D eigenvalue weighted by Gasteiger charge is -2.26. The molecule has 1 N–H and O–H groups in total. The molecule has 1 saturated heterocycles. The third-order valence-corrected chi connectivity index (χ3v) is 4.95. The summed E-state index contributed by atoms with van der Waals surface area (Å²) in [5.41, 5.74) is 0. The second-order valence-electron chi connectivity index (χ2n) is 5.77. The van der Waals surface area contributed by atoms with Gasteiger partial charge in [-0.1, -0.05) is 6.07 Å². The van der Waals surface area contributed by atoms with Crippen molar-refractivity contribution in [3.8, 4) is 0 Å². The summed E-state index contributed by atoms with van der Waals surface area (Å²) in [6, 6.07) is 8.14. The molecule has 1 aliphatic heterocycles. The van der Waals surface area contributed by atoms with Gasteiger partial charge in [0.15, 0.2) is 0 Å². The fourth-order valence-electron chi connectivity index (χ4n) is 2.94. The smallest absolute Gasteiger partial charge is 0.225 e. The van der Waals surface area contributed by atoms with E-state index < -0.39 is 0 Å². The minimum Gasteiger partial charge on any atom is -0.465 e. The number of carbonyl (C=O) groups excluding carboxylic acids is 1. The first-order valence-corrected chi connectivity index (χ1v) is 8.70. The Kier molecular flexibility index (Phi) is 4.95. The molecule has 1 fully saturated rings. The van der Waals surface area contributed by atoms with Crippen LogP contribution in [0.4, 0.5) is 0 Å². The molecule has 0 aromatic carbocycles. The average Bonchev–Trinajstić information content (AvgIpc) is 3.22. The van der Waals surface area contributed by atoms with Crippen LogP contribution in [0, 0.1) is 6.92 Å². The van der Waals surface area contributed by atoms with E-state index in [0.29, 0.717) is 13.0 Å². The Bertz CT molecular complexity index is 600. The number of aryl methyl sites for hydroxylation is 1. The lowest BCUT2D eigenvalue weighted by atomic mass is 10.2. The van der Waals surface area contributed by atoms with Crippen molar-refractivity contribution >= 4 is 17.2 Å². The number of thiophene rings is 1. The molecule has 0 spiro atoms. The molecule has 1 aliphatic rings. The second kappa shape index (κ2) is 7.11. The van der Waals surface area contributed by atoms with E-state index in [-0.39, 0.29) is 11.9 Å². The number of amides is 1. The van der Waals surface area contributed by atoms with Crippen molar-refractivity contribution in [3.63, 3.8) is 0 Å². The summed E-state index contributed by atoms with van der Waals surface area (Å²) in [4.78, 5) is 15.6. The summed E-state index contributed by atoms with van der Waals surface area (Å²) in [7, 11) is 0. The van der Waals surface area contributed by atoms with E-state index in [4.69, 9.17) is 4.42 Å². The molecule has 0 aliphatic carbocycles. The lowest BCUT2D eigenvalue weighted by Crippen LogP contribution is -2.37. The number of hydrogen-bond acceptors (Lipinski definition) is 4. The van der Waals surface area contributed by atoms with Gasteiger partial charge in [-0.15, -0.1) is 11.3 Å². The Morgan fingerprint density at radius 1 is 1.36 bits per heavy atom. The van der Waals surface area contributed by atoms with Crippen molar-refractivity contribution in [2.75, 3.05) is 19.6 Å². The highest BCUT2D eigenvalue weighted by Crippen LogP contribution is 2.26. The maximum atomic E-state index is 12.1. The van der Waals surface area contributed by atoms with Crippen molar-refractivity contribution < 1.29 is 9.21 Å². The van der Waals surface area contributed by atoms with E-state index in [1.807, 2.05) is 36.6 Å². The molecule has 0 saturated carbocycles. The lowest BCUT2D eigenvalue weighted by molar-refractivity contribution is -0.120. The van der Waals surface area contributed by atoms with Gasteiger partial charge in [0.25, 0.3) is 0 Å². The summed E-state index contributed by atoms with van der Waals surface area (Å²) in [5.74, 6) is 1.95. The van der Waals surface area contributed by atoms with Gasteiger partial charge in [-0.05, 0) is 56.4 Å². The maximum absolute atomic E-state index is 12.1. The third kappa shape index (κ3) is 3.78. The normalized spacial score (nSPS) is 16.8. The quantitative estimate of drug-likeness (QED) is 0.890. The van der Waals surface area contributed by atoms with Gasteiger partial charge in [-0.25, -0.2) is 0 Å². The minimum absolute atomic E-state index is 0.0786. The molecule has 22 heavy (non-hydrogen) atoms. The van der Waals surface area contributed by atoms with Crippen LogP contribution in [0.5, 0.6) is 0 Å². The predicted molar refractivity (Wildman–Crippen MR) is 88.0 cm³/mol. The number of nitrogens with one attached hydrogen (secondary N) is 1. The Balaban J connectivity index is 1.61. The second-order valence-corrected chi connectivity index (χ2v) is 6.80. The van der Waals surface area contributed by atoms with Gasteiger partial charge in [0.1, 0.15) is 11.5 Å². The molecule has 0 radical (unpaired) electrons. The molecular weight excluding hydrogens is 296 g/mol. The zero-order chi connectivity index (χ0) is 15.4. The molecule has 1 amide bonds. The van der Waals surface area contributed by atoms with Crippen LogP contribution >= 0.6 is 11.3 Å². The SMILES string of the molecule is Cc1ccc(C(CNC(=O)Cc2cccs2)N2CCCC2)o1. The van der Waals surface area contributed by atoms with Crippen molar-refractivity contribution in [2.45, 2.75) is 32.2 Å². The van der Waals surface area contributed by atoms with E-state index in [0.717, 1.165) is 29.5 Å². The number of likely N-dealkylation sites (tertiary alicyclic amines) is 1. The van der Waals surface area contributed by atoms with Gasteiger partial charge in [-0.2, -0.15) is 0 Å². The Labute approximate surface area is 135 Å². The topological polar surface area (TPSA) is 45.5 Å². The summed E-state index contributed by atoms with van der Waals surface area (Å²) < 4.78 is 5.81. The van der Waals surface area contributed by atoms with Crippen LogP contribution < -0.4 is 5.32 Å². The minimum atomic E-state index is 0.0786.